The molecule has 15 heavy (non-hydrogen) atoms. The van der Waals surface area contributed by atoms with Crippen molar-refractivity contribution in [2.75, 3.05) is 25.1 Å². The molecular weight excluding hydrogens is 293 g/mol. The van der Waals surface area contributed by atoms with E-state index in [1.807, 2.05) is 7.05 Å². The van der Waals surface area contributed by atoms with E-state index >= 15 is 0 Å². The Kier molecular flexibility index (Phi) is 4.46. The summed E-state index contributed by atoms with van der Waals surface area (Å²) in [5.41, 5.74) is 1.18. The Balaban J connectivity index is 2.81. The van der Waals surface area contributed by atoms with Crippen LogP contribution < -0.4 is 8.48 Å². The average molecular weight is 314 g/mol. The molecule has 0 fully saturated rings. The van der Waals surface area contributed by atoms with Gasteiger partial charge in [0.25, 0.3) is 0 Å². The second-order valence-electron chi connectivity index (χ2n) is 4.94. The molecule has 84 valence electrons. The fourth-order valence-corrected chi connectivity index (χ4v) is 4.82. The molecule has 0 aliphatic carbocycles. The van der Waals surface area contributed by atoms with Crippen molar-refractivity contribution in [3.8, 4) is 0 Å². The zero-order valence-electron chi connectivity index (χ0n) is 10.1. The Morgan fingerprint density at radius 2 is 1.67 bits per heavy atom. The van der Waals surface area contributed by atoms with E-state index < -0.39 is 18.4 Å². The van der Waals surface area contributed by atoms with Crippen molar-refractivity contribution in [1.82, 2.24) is 0 Å². The van der Waals surface area contributed by atoms with Gasteiger partial charge < -0.3 is 0 Å². The Hall–Kier alpha value is -0.221. The molecule has 0 atom stereocenters. The second-order valence-corrected chi connectivity index (χ2v) is 19.4. The van der Waals surface area contributed by atoms with E-state index in [1.165, 1.54) is 5.69 Å². The Morgan fingerprint density at radius 3 is 2.07 bits per heavy atom. The molecule has 1 aromatic rings. The molecule has 0 aliphatic heterocycles. The molecule has 0 radical (unpaired) electrons. The fraction of sp³-hybridized carbons (Fsp3) is 0.500. The van der Waals surface area contributed by atoms with Gasteiger partial charge in [-0.2, -0.15) is 0 Å². The zero-order valence-corrected chi connectivity index (χ0v) is 13.0. The SMILES string of the molecule is CN(CCO)c1cc[c]([Sn]([CH3])([CH3])[CH3])cc1. The van der Waals surface area contributed by atoms with Crippen molar-refractivity contribution < 1.29 is 5.11 Å². The Labute approximate surface area is 96.8 Å². The first kappa shape index (κ1) is 12.8. The van der Waals surface area contributed by atoms with Crippen LogP contribution in [-0.4, -0.2) is 43.7 Å². The van der Waals surface area contributed by atoms with Crippen LogP contribution >= 0.6 is 0 Å². The third kappa shape index (κ3) is 3.68. The third-order valence-electron chi connectivity index (χ3n) is 2.61. The molecule has 1 N–H and O–H groups in total. The number of aliphatic hydroxyl groups excluding tert-OH is 1. The first-order valence-corrected chi connectivity index (χ1v) is 15.4. The number of nitrogens with zero attached hydrogens (tertiary/aromatic N) is 1. The molecule has 0 aromatic heterocycles. The molecule has 0 unspecified atom stereocenters. The van der Waals surface area contributed by atoms with Crippen molar-refractivity contribution in [2.24, 2.45) is 0 Å². The summed E-state index contributed by atoms with van der Waals surface area (Å²) in [5.74, 6) is 0. The number of likely N-dealkylation sites (N-methyl/N-ethyl adjacent to an activating group) is 1. The number of hydrogen-bond acceptors (Lipinski definition) is 2. The minimum absolute atomic E-state index is 0.205. The molecule has 1 aromatic carbocycles. The summed E-state index contributed by atoms with van der Waals surface area (Å²) < 4.78 is 1.55. The summed E-state index contributed by atoms with van der Waals surface area (Å²) >= 11 is -1.88. The van der Waals surface area contributed by atoms with Gasteiger partial charge in [-0.05, 0) is 0 Å². The zero-order chi connectivity index (χ0) is 11.5. The van der Waals surface area contributed by atoms with Crippen molar-refractivity contribution in [3.63, 3.8) is 0 Å². The van der Waals surface area contributed by atoms with Crippen LogP contribution in [0.15, 0.2) is 24.3 Å². The molecule has 0 saturated heterocycles. The third-order valence-corrected chi connectivity index (χ3v) is 8.50. The van der Waals surface area contributed by atoms with Crippen molar-refractivity contribution in [1.29, 1.82) is 0 Å². The van der Waals surface area contributed by atoms with Crippen LogP contribution in [0.4, 0.5) is 5.69 Å². The van der Waals surface area contributed by atoms with Crippen LogP contribution in [0.1, 0.15) is 0 Å². The van der Waals surface area contributed by atoms with Crippen molar-refractivity contribution in [2.45, 2.75) is 14.8 Å². The van der Waals surface area contributed by atoms with Gasteiger partial charge in [0.1, 0.15) is 0 Å². The molecule has 0 heterocycles. The predicted octanol–water partition coefficient (Wildman–Crippen LogP) is 1.66. The van der Waals surface area contributed by atoms with Crippen molar-refractivity contribution >= 4 is 27.6 Å². The van der Waals surface area contributed by atoms with Crippen LogP contribution in [0, 0.1) is 0 Å². The van der Waals surface area contributed by atoms with E-state index in [4.69, 9.17) is 5.11 Å². The number of rotatable bonds is 4. The molecule has 0 bridgehead atoms. The van der Waals surface area contributed by atoms with E-state index in [0.29, 0.717) is 6.54 Å². The van der Waals surface area contributed by atoms with Gasteiger partial charge in [-0.3, -0.25) is 0 Å². The summed E-state index contributed by atoms with van der Waals surface area (Å²) in [6, 6.07) is 8.82. The van der Waals surface area contributed by atoms with E-state index in [9.17, 15) is 0 Å². The molecule has 1 rings (SSSR count). The van der Waals surface area contributed by atoms with Gasteiger partial charge in [0, 0.05) is 0 Å². The quantitative estimate of drug-likeness (QED) is 0.855. The first-order chi connectivity index (χ1) is 6.95. The molecule has 0 aliphatic rings. The normalized spacial score (nSPS) is 11.5. The first-order valence-electron chi connectivity index (χ1n) is 5.37. The second kappa shape index (κ2) is 5.21. The van der Waals surface area contributed by atoms with Crippen molar-refractivity contribution in [3.05, 3.63) is 24.3 Å². The van der Waals surface area contributed by atoms with Gasteiger partial charge in [-0.15, -0.1) is 0 Å². The molecular formula is C12H21NOSn. The monoisotopic (exact) mass is 315 g/mol. The van der Waals surface area contributed by atoms with E-state index in [2.05, 4.69) is 44.0 Å². The van der Waals surface area contributed by atoms with Crippen LogP contribution in [-0.2, 0) is 0 Å². The molecule has 0 amide bonds. The van der Waals surface area contributed by atoms with Gasteiger partial charge in [0.2, 0.25) is 0 Å². The maximum absolute atomic E-state index is 8.85. The van der Waals surface area contributed by atoms with E-state index in [0.717, 1.165) is 0 Å². The molecule has 0 saturated carbocycles. The Morgan fingerprint density at radius 1 is 1.13 bits per heavy atom. The predicted molar refractivity (Wildman–Crippen MR) is 69.8 cm³/mol. The summed E-state index contributed by atoms with van der Waals surface area (Å²) in [6.45, 7) is 0.898. The number of aliphatic hydroxyl groups is 1. The average Bonchev–Trinajstić information content (AvgIpc) is 2.17. The summed E-state index contributed by atoms with van der Waals surface area (Å²) in [7, 11) is 2.01. The van der Waals surface area contributed by atoms with Gasteiger partial charge in [-0.25, -0.2) is 0 Å². The molecule has 0 spiro atoms. The minimum atomic E-state index is -1.88. The van der Waals surface area contributed by atoms with E-state index in [-0.39, 0.29) is 6.61 Å². The topological polar surface area (TPSA) is 23.5 Å². The van der Waals surface area contributed by atoms with Crippen LogP contribution in [0.5, 0.6) is 0 Å². The maximum atomic E-state index is 8.85. The summed E-state index contributed by atoms with van der Waals surface area (Å²) in [4.78, 5) is 9.32. The standard InChI is InChI=1S/C9H12NO.3CH3.Sn/c1-10(7-8-11)9-5-3-2-4-6-9;;;;/h3-6,11H,7-8H2,1H3;3*1H3;. The number of hydrogen-bond donors (Lipinski definition) is 1. The number of benzene rings is 1. The van der Waals surface area contributed by atoms with Crippen LogP contribution in [0.2, 0.25) is 14.8 Å². The van der Waals surface area contributed by atoms with Gasteiger partial charge >= 0.3 is 96.9 Å². The van der Waals surface area contributed by atoms with Gasteiger partial charge in [0.05, 0.1) is 0 Å². The van der Waals surface area contributed by atoms with Gasteiger partial charge in [0.15, 0.2) is 0 Å². The fourth-order valence-electron chi connectivity index (χ4n) is 1.50. The van der Waals surface area contributed by atoms with Gasteiger partial charge in [-0.1, -0.05) is 0 Å². The van der Waals surface area contributed by atoms with Crippen LogP contribution in [0.3, 0.4) is 0 Å². The summed E-state index contributed by atoms with van der Waals surface area (Å²) in [6.07, 6.45) is 0. The molecule has 3 heteroatoms. The summed E-state index contributed by atoms with van der Waals surface area (Å²) in [5, 5.41) is 8.85. The number of anilines is 1. The van der Waals surface area contributed by atoms with Crippen LogP contribution in [0.25, 0.3) is 0 Å². The molecule has 2 nitrogen and oxygen atoms in total. The van der Waals surface area contributed by atoms with E-state index in [1.54, 1.807) is 3.58 Å². The Bertz CT molecular complexity index is 302.